The molecule has 5 nitrogen and oxygen atoms in total. The molecule has 0 bridgehead atoms. The van der Waals surface area contributed by atoms with E-state index in [-0.39, 0.29) is 12.1 Å². The number of pyridine rings is 1. The molecule has 0 amide bonds. The van der Waals surface area contributed by atoms with Gasteiger partial charge in [-0.25, -0.2) is 9.67 Å². The van der Waals surface area contributed by atoms with Gasteiger partial charge in [-0.2, -0.15) is 5.10 Å². The van der Waals surface area contributed by atoms with Crippen LogP contribution in [0.25, 0.3) is 5.82 Å². The molecule has 1 fully saturated rings. The third kappa shape index (κ3) is 4.47. The van der Waals surface area contributed by atoms with Crippen LogP contribution in [-0.2, 0) is 0 Å². The molecule has 0 aromatic carbocycles. The molecular weight excluding hydrogens is 312 g/mol. The number of nitrogens with one attached hydrogen (secondary N) is 1. The molecule has 0 radical (unpaired) electrons. The molecule has 25 heavy (non-hydrogen) atoms. The Morgan fingerprint density at radius 3 is 2.92 bits per heavy atom. The highest BCUT2D eigenvalue weighted by molar-refractivity contribution is 5.29. The van der Waals surface area contributed by atoms with Gasteiger partial charge >= 0.3 is 0 Å². The molecule has 1 saturated carbocycles. The number of aromatic nitrogens is 3. The zero-order chi connectivity index (χ0) is 17.6. The van der Waals surface area contributed by atoms with Crippen LogP contribution in [0.15, 0.2) is 30.6 Å². The van der Waals surface area contributed by atoms with Crippen molar-refractivity contribution in [1.29, 1.82) is 0 Å². The van der Waals surface area contributed by atoms with Crippen molar-refractivity contribution < 1.29 is 5.11 Å². The minimum atomic E-state index is -0.0787. The lowest BCUT2D eigenvalue weighted by Gasteiger charge is -2.27. The van der Waals surface area contributed by atoms with E-state index in [9.17, 15) is 5.11 Å². The van der Waals surface area contributed by atoms with Crippen LogP contribution in [0, 0.1) is 12.8 Å². The molecule has 0 spiro atoms. The summed E-state index contributed by atoms with van der Waals surface area (Å²) >= 11 is 0. The van der Waals surface area contributed by atoms with Crippen molar-refractivity contribution in [3.63, 3.8) is 0 Å². The molecule has 0 saturated heterocycles. The van der Waals surface area contributed by atoms with E-state index < -0.39 is 0 Å². The van der Waals surface area contributed by atoms with E-state index in [0.717, 1.165) is 37.3 Å². The zero-order valence-electron chi connectivity index (χ0n) is 15.4. The molecule has 2 N–H and O–H groups in total. The van der Waals surface area contributed by atoms with Crippen LogP contribution in [0.3, 0.4) is 0 Å². The Balaban J connectivity index is 1.50. The molecule has 0 aliphatic heterocycles. The Kier molecular flexibility index (Phi) is 6.21. The predicted molar refractivity (Wildman–Crippen MR) is 99.7 cm³/mol. The second-order valence-corrected chi connectivity index (χ2v) is 7.21. The lowest BCUT2D eigenvalue weighted by Crippen LogP contribution is -2.26. The fraction of sp³-hybridized carbons (Fsp3) is 0.600. The fourth-order valence-corrected chi connectivity index (χ4v) is 3.87. The van der Waals surface area contributed by atoms with Gasteiger partial charge in [0.25, 0.3) is 0 Å². The van der Waals surface area contributed by atoms with Gasteiger partial charge in [0.1, 0.15) is 0 Å². The first-order valence-electron chi connectivity index (χ1n) is 9.54. The van der Waals surface area contributed by atoms with E-state index in [4.69, 9.17) is 0 Å². The van der Waals surface area contributed by atoms with Crippen molar-refractivity contribution in [1.82, 2.24) is 20.1 Å². The van der Waals surface area contributed by atoms with Crippen molar-refractivity contribution in [2.75, 3.05) is 6.54 Å². The molecule has 1 aliphatic rings. The Hall–Kier alpha value is -1.72. The van der Waals surface area contributed by atoms with Crippen LogP contribution >= 0.6 is 0 Å². The van der Waals surface area contributed by atoms with Gasteiger partial charge in [-0.15, -0.1) is 0 Å². The normalized spacial score (nSPS) is 22.0. The topological polar surface area (TPSA) is 63.0 Å². The average Bonchev–Trinajstić information content (AvgIpc) is 3.02. The molecule has 1 aliphatic carbocycles. The summed E-state index contributed by atoms with van der Waals surface area (Å²) in [5.74, 6) is 1.35. The first-order valence-corrected chi connectivity index (χ1v) is 9.54. The van der Waals surface area contributed by atoms with E-state index in [1.165, 1.54) is 24.8 Å². The lowest BCUT2D eigenvalue weighted by atomic mass is 9.83. The number of hydrogen-bond donors (Lipinski definition) is 2. The maximum atomic E-state index is 10.1. The summed E-state index contributed by atoms with van der Waals surface area (Å²) in [4.78, 5) is 4.37. The molecule has 2 aromatic heterocycles. The van der Waals surface area contributed by atoms with Crippen LogP contribution in [0.1, 0.15) is 62.7 Å². The molecule has 2 heterocycles. The first kappa shape index (κ1) is 18.1. The molecule has 3 rings (SSSR count). The van der Waals surface area contributed by atoms with Gasteiger partial charge in [0.05, 0.1) is 12.3 Å². The number of aliphatic hydroxyl groups is 1. The number of nitrogens with zero attached hydrogens (tertiary/aromatic N) is 3. The van der Waals surface area contributed by atoms with Gasteiger partial charge in [-0.3, -0.25) is 0 Å². The van der Waals surface area contributed by atoms with Crippen molar-refractivity contribution >= 4 is 0 Å². The second-order valence-electron chi connectivity index (χ2n) is 7.21. The SMILES string of the molecule is Cc1c(C(C)NCCCC2CCCCC2O)cnn1-c1ccccn1. The van der Waals surface area contributed by atoms with E-state index in [1.807, 2.05) is 29.1 Å². The van der Waals surface area contributed by atoms with E-state index >= 15 is 0 Å². The van der Waals surface area contributed by atoms with Gasteiger partial charge in [0.2, 0.25) is 0 Å². The summed E-state index contributed by atoms with van der Waals surface area (Å²) in [6, 6.07) is 6.12. The van der Waals surface area contributed by atoms with Crippen LogP contribution in [-0.4, -0.2) is 32.5 Å². The molecule has 3 atom stereocenters. The summed E-state index contributed by atoms with van der Waals surface area (Å²) in [5.41, 5.74) is 2.34. The number of rotatable bonds is 7. The van der Waals surface area contributed by atoms with E-state index in [1.54, 1.807) is 6.20 Å². The van der Waals surface area contributed by atoms with Gasteiger partial charge in [-0.05, 0) is 64.1 Å². The molecule has 136 valence electrons. The largest absolute Gasteiger partial charge is 0.393 e. The lowest BCUT2D eigenvalue weighted by molar-refractivity contribution is 0.0642. The van der Waals surface area contributed by atoms with Crippen LogP contribution in [0.4, 0.5) is 0 Å². The van der Waals surface area contributed by atoms with Gasteiger partial charge in [0, 0.05) is 23.5 Å². The average molecular weight is 342 g/mol. The Bertz CT molecular complexity index is 655. The van der Waals surface area contributed by atoms with Crippen molar-refractivity contribution in [2.24, 2.45) is 5.92 Å². The van der Waals surface area contributed by atoms with Crippen molar-refractivity contribution in [2.45, 2.75) is 64.5 Å². The van der Waals surface area contributed by atoms with Gasteiger partial charge < -0.3 is 10.4 Å². The van der Waals surface area contributed by atoms with E-state index in [0.29, 0.717) is 5.92 Å². The summed E-state index contributed by atoms with van der Waals surface area (Å²) in [6.45, 7) is 5.24. The minimum absolute atomic E-state index is 0.0787. The highest BCUT2D eigenvalue weighted by atomic mass is 16.3. The van der Waals surface area contributed by atoms with Crippen molar-refractivity contribution in [3.05, 3.63) is 41.9 Å². The minimum Gasteiger partial charge on any atom is -0.393 e. The monoisotopic (exact) mass is 342 g/mol. The summed E-state index contributed by atoms with van der Waals surface area (Å²) in [5, 5.41) is 18.2. The number of hydrogen-bond acceptors (Lipinski definition) is 4. The Morgan fingerprint density at radius 1 is 1.32 bits per heavy atom. The van der Waals surface area contributed by atoms with Crippen LogP contribution in [0.5, 0.6) is 0 Å². The first-order chi connectivity index (χ1) is 12.2. The summed E-state index contributed by atoms with van der Waals surface area (Å²) in [7, 11) is 0. The maximum absolute atomic E-state index is 10.1. The predicted octanol–water partition coefficient (Wildman–Crippen LogP) is 3.56. The molecule has 5 heteroatoms. The standard InChI is InChI=1S/C20H30N4O/c1-15(21-13-7-9-17-8-3-4-10-19(17)25)18-14-23-24(16(18)2)20-11-5-6-12-22-20/h5-6,11-12,14-15,17,19,21,25H,3-4,7-10,13H2,1-2H3. The maximum Gasteiger partial charge on any atom is 0.153 e. The quantitative estimate of drug-likeness (QED) is 0.755. The molecule has 2 aromatic rings. The van der Waals surface area contributed by atoms with Gasteiger partial charge in [0.15, 0.2) is 5.82 Å². The van der Waals surface area contributed by atoms with Crippen LogP contribution in [0.2, 0.25) is 0 Å². The van der Waals surface area contributed by atoms with E-state index in [2.05, 4.69) is 29.2 Å². The third-order valence-electron chi connectivity index (χ3n) is 5.45. The fourth-order valence-electron chi connectivity index (χ4n) is 3.87. The van der Waals surface area contributed by atoms with Crippen molar-refractivity contribution in [3.8, 4) is 5.82 Å². The highest BCUT2D eigenvalue weighted by Gasteiger charge is 2.22. The van der Waals surface area contributed by atoms with Gasteiger partial charge in [-0.1, -0.05) is 18.9 Å². The van der Waals surface area contributed by atoms with Crippen LogP contribution < -0.4 is 5.32 Å². The Morgan fingerprint density at radius 2 is 2.16 bits per heavy atom. The second kappa shape index (κ2) is 8.59. The Labute approximate surface area is 150 Å². The highest BCUT2D eigenvalue weighted by Crippen LogP contribution is 2.28. The smallest absolute Gasteiger partial charge is 0.153 e. The third-order valence-corrected chi connectivity index (χ3v) is 5.45. The molecular formula is C20H30N4O. The summed E-state index contributed by atoms with van der Waals surface area (Å²) < 4.78 is 1.89. The molecule has 3 unspecified atom stereocenters. The summed E-state index contributed by atoms with van der Waals surface area (Å²) in [6.07, 6.45) is 10.5. The zero-order valence-corrected chi connectivity index (χ0v) is 15.4. The number of aliphatic hydroxyl groups excluding tert-OH is 1.